The Morgan fingerprint density at radius 2 is 2.19 bits per heavy atom. The zero-order valence-corrected chi connectivity index (χ0v) is 15.3. The van der Waals surface area contributed by atoms with Gasteiger partial charge in [0.05, 0.1) is 11.6 Å². The second-order valence-corrected chi connectivity index (χ2v) is 7.16. The van der Waals surface area contributed by atoms with Crippen molar-refractivity contribution in [3.05, 3.63) is 47.9 Å². The predicted octanol–water partition coefficient (Wildman–Crippen LogP) is 3.70. The average molecular weight is 481 g/mol. The summed E-state index contributed by atoms with van der Waals surface area (Å²) in [5.74, 6) is -1.29. The molecule has 1 heterocycles. The van der Waals surface area contributed by atoms with Crippen molar-refractivity contribution >= 4 is 61.7 Å². The fraction of sp³-hybridized carbons (Fsp3) is 0.154. The van der Waals surface area contributed by atoms with Crippen molar-refractivity contribution in [2.45, 2.75) is 13.0 Å². The van der Waals surface area contributed by atoms with Crippen LogP contribution in [0.1, 0.15) is 38.8 Å². The Labute approximate surface area is 147 Å². The van der Waals surface area contributed by atoms with Gasteiger partial charge in [-0.25, -0.2) is 9.78 Å². The van der Waals surface area contributed by atoms with Gasteiger partial charge in [0.25, 0.3) is 5.91 Å². The van der Waals surface area contributed by atoms with E-state index >= 15 is 0 Å². The van der Waals surface area contributed by atoms with Crippen molar-refractivity contribution in [1.29, 1.82) is 0 Å². The summed E-state index contributed by atoms with van der Waals surface area (Å²) in [5, 5.41) is 13.7. The zero-order chi connectivity index (χ0) is 15.6. The summed E-state index contributed by atoms with van der Waals surface area (Å²) in [6, 6.07) is 5.09. The SMILES string of the molecule is CC(NC(=O)c1cc(Br)ccc1I)c1nc(C(=O)O)cs1. The van der Waals surface area contributed by atoms with Crippen LogP contribution in [-0.4, -0.2) is 22.0 Å². The molecule has 0 spiro atoms. The summed E-state index contributed by atoms with van der Waals surface area (Å²) < 4.78 is 1.66. The van der Waals surface area contributed by atoms with Crippen LogP contribution in [0.5, 0.6) is 0 Å². The number of rotatable bonds is 4. The molecule has 1 aromatic heterocycles. The lowest BCUT2D eigenvalue weighted by molar-refractivity contribution is 0.0691. The highest BCUT2D eigenvalue weighted by Crippen LogP contribution is 2.21. The van der Waals surface area contributed by atoms with E-state index in [1.807, 2.05) is 12.1 Å². The summed E-state index contributed by atoms with van der Waals surface area (Å²) >= 11 is 6.64. The van der Waals surface area contributed by atoms with E-state index in [1.165, 1.54) is 16.7 Å². The van der Waals surface area contributed by atoms with Crippen LogP contribution in [0.15, 0.2) is 28.1 Å². The third-order valence-corrected chi connectivity index (χ3v) is 5.09. The first-order valence-corrected chi connectivity index (χ1v) is 8.58. The van der Waals surface area contributed by atoms with Crippen LogP contribution in [0.2, 0.25) is 0 Å². The number of carbonyl (C=O) groups is 2. The Bertz CT molecular complexity index is 704. The second-order valence-electron chi connectivity index (χ2n) is 4.20. The van der Waals surface area contributed by atoms with E-state index in [9.17, 15) is 9.59 Å². The van der Waals surface area contributed by atoms with E-state index in [4.69, 9.17) is 5.11 Å². The number of carboxylic acids is 1. The maximum Gasteiger partial charge on any atom is 0.355 e. The number of carbonyl (C=O) groups excluding carboxylic acids is 1. The molecule has 0 aliphatic carbocycles. The minimum atomic E-state index is -1.07. The highest BCUT2D eigenvalue weighted by molar-refractivity contribution is 14.1. The van der Waals surface area contributed by atoms with Gasteiger partial charge in [-0.05, 0) is 47.7 Å². The molecule has 0 aliphatic rings. The second kappa shape index (κ2) is 6.84. The molecule has 1 unspecified atom stereocenters. The molecule has 0 saturated heterocycles. The van der Waals surface area contributed by atoms with Crippen LogP contribution in [-0.2, 0) is 0 Å². The van der Waals surface area contributed by atoms with Gasteiger partial charge in [0, 0.05) is 13.4 Å². The van der Waals surface area contributed by atoms with Crippen LogP contribution >= 0.6 is 49.9 Å². The highest BCUT2D eigenvalue weighted by atomic mass is 127. The van der Waals surface area contributed by atoms with Crippen LogP contribution in [0.3, 0.4) is 0 Å². The van der Waals surface area contributed by atoms with E-state index in [-0.39, 0.29) is 17.6 Å². The molecule has 1 amide bonds. The smallest absolute Gasteiger partial charge is 0.355 e. The molecule has 2 N–H and O–H groups in total. The van der Waals surface area contributed by atoms with Gasteiger partial charge in [0.2, 0.25) is 0 Å². The van der Waals surface area contributed by atoms with Gasteiger partial charge in [-0.1, -0.05) is 15.9 Å². The molecule has 0 bridgehead atoms. The number of aromatic nitrogens is 1. The van der Waals surface area contributed by atoms with Gasteiger partial charge < -0.3 is 10.4 Å². The molecule has 2 aromatic rings. The first-order chi connectivity index (χ1) is 9.88. The van der Waals surface area contributed by atoms with Crippen molar-refractivity contribution in [2.75, 3.05) is 0 Å². The number of nitrogens with zero attached hydrogens (tertiary/aromatic N) is 1. The molecule has 0 saturated carbocycles. The number of aromatic carboxylic acids is 1. The summed E-state index contributed by atoms with van der Waals surface area (Å²) in [4.78, 5) is 27.1. The molecule has 0 aliphatic heterocycles. The van der Waals surface area contributed by atoms with Gasteiger partial charge in [-0.3, -0.25) is 4.79 Å². The van der Waals surface area contributed by atoms with E-state index in [0.29, 0.717) is 10.6 Å². The van der Waals surface area contributed by atoms with Crippen molar-refractivity contribution in [3.8, 4) is 0 Å². The highest BCUT2D eigenvalue weighted by Gasteiger charge is 2.18. The van der Waals surface area contributed by atoms with Crippen molar-refractivity contribution in [1.82, 2.24) is 10.3 Å². The quantitative estimate of drug-likeness (QED) is 0.654. The van der Waals surface area contributed by atoms with E-state index in [2.05, 4.69) is 48.8 Å². The van der Waals surface area contributed by atoms with E-state index in [0.717, 1.165) is 8.04 Å². The van der Waals surface area contributed by atoms with Gasteiger partial charge in [-0.15, -0.1) is 11.3 Å². The number of halogens is 2. The summed E-state index contributed by atoms with van der Waals surface area (Å²) in [6.45, 7) is 1.77. The van der Waals surface area contributed by atoms with E-state index < -0.39 is 5.97 Å². The summed E-state index contributed by atoms with van der Waals surface area (Å²) in [7, 11) is 0. The fourth-order valence-electron chi connectivity index (χ4n) is 1.59. The van der Waals surface area contributed by atoms with Crippen LogP contribution in [0.25, 0.3) is 0 Å². The van der Waals surface area contributed by atoms with Gasteiger partial charge in [-0.2, -0.15) is 0 Å². The topological polar surface area (TPSA) is 79.3 Å². The minimum absolute atomic E-state index is 0.00636. The van der Waals surface area contributed by atoms with Gasteiger partial charge in [0.15, 0.2) is 5.69 Å². The largest absolute Gasteiger partial charge is 0.476 e. The lowest BCUT2D eigenvalue weighted by atomic mass is 10.2. The average Bonchev–Trinajstić information content (AvgIpc) is 2.91. The molecule has 1 atom stereocenters. The van der Waals surface area contributed by atoms with E-state index in [1.54, 1.807) is 13.0 Å². The summed E-state index contributed by atoms with van der Waals surface area (Å²) in [5.41, 5.74) is 0.556. The van der Waals surface area contributed by atoms with Crippen LogP contribution in [0, 0.1) is 3.57 Å². The van der Waals surface area contributed by atoms with Crippen molar-refractivity contribution in [3.63, 3.8) is 0 Å². The first-order valence-electron chi connectivity index (χ1n) is 5.83. The Morgan fingerprint density at radius 1 is 1.48 bits per heavy atom. The zero-order valence-electron chi connectivity index (χ0n) is 10.8. The molecule has 0 radical (unpaired) electrons. The van der Waals surface area contributed by atoms with Crippen LogP contribution < -0.4 is 5.32 Å². The lowest BCUT2D eigenvalue weighted by Gasteiger charge is -2.12. The molecular weight excluding hydrogens is 471 g/mol. The number of nitrogens with one attached hydrogen (secondary N) is 1. The van der Waals surface area contributed by atoms with Crippen LogP contribution in [0.4, 0.5) is 0 Å². The third-order valence-electron chi connectivity index (χ3n) is 2.63. The molecule has 110 valence electrons. The predicted molar refractivity (Wildman–Crippen MR) is 91.8 cm³/mol. The Balaban J connectivity index is 2.14. The first kappa shape index (κ1) is 16.4. The molecular formula is C13H10BrIN2O3S. The minimum Gasteiger partial charge on any atom is -0.476 e. The molecule has 8 heteroatoms. The molecule has 0 fully saturated rings. The lowest BCUT2D eigenvalue weighted by Crippen LogP contribution is -2.27. The summed E-state index contributed by atoms with van der Waals surface area (Å²) in [6.07, 6.45) is 0. The van der Waals surface area contributed by atoms with Crippen molar-refractivity contribution in [2.24, 2.45) is 0 Å². The Morgan fingerprint density at radius 3 is 2.81 bits per heavy atom. The third kappa shape index (κ3) is 4.01. The normalized spacial score (nSPS) is 12.0. The standard InChI is InChI=1S/C13H10BrIN2O3S/c1-6(12-17-10(5-21-12)13(19)20)16-11(18)8-4-7(14)2-3-9(8)15/h2-6H,1H3,(H,16,18)(H,19,20). The Hall–Kier alpha value is -1.00. The number of benzene rings is 1. The number of amides is 1. The molecule has 2 rings (SSSR count). The monoisotopic (exact) mass is 480 g/mol. The number of thiazole rings is 1. The molecule has 21 heavy (non-hydrogen) atoms. The maximum atomic E-state index is 12.3. The number of hydrogen-bond acceptors (Lipinski definition) is 4. The number of hydrogen-bond donors (Lipinski definition) is 2. The maximum absolute atomic E-state index is 12.3. The van der Waals surface area contributed by atoms with Crippen molar-refractivity contribution < 1.29 is 14.7 Å². The molecule has 1 aromatic carbocycles. The fourth-order valence-corrected chi connectivity index (χ4v) is 3.33. The Kier molecular flexibility index (Phi) is 5.33. The molecule has 5 nitrogen and oxygen atoms in total. The number of carboxylic acid groups (broad SMARTS) is 1. The van der Waals surface area contributed by atoms with Gasteiger partial charge >= 0.3 is 5.97 Å². The van der Waals surface area contributed by atoms with Gasteiger partial charge in [0.1, 0.15) is 5.01 Å².